The summed E-state index contributed by atoms with van der Waals surface area (Å²) in [6.07, 6.45) is 1.54. The van der Waals surface area contributed by atoms with Gasteiger partial charge in [-0.1, -0.05) is 6.92 Å². The van der Waals surface area contributed by atoms with E-state index >= 15 is 0 Å². The molecule has 0 aromatic carbocycles. The first-order chi connectivity index (χ1) is 5.17. The van der Waals surface area contributed by atoms with Crippen LogP contribution in [-0.4, -0.2) is 19.0 Å². The minimum absolute atomic E-state index is 0. The normalized spacial score (nSPS) is 24.8. The lowest BCUT2D eigenvalue weighted by atomic mass is 9.91. The van der Waals surface area contributed by atoms with Gasteiger partial charge in [0.2, 0.25) is 0 Å². The fraction of sp³-hybridized carbons (Fsp3) is 1.00. The molecule has 0 bridgehead atoms. The Hall–Kier alpha value is 0.110. The molecule has 0 aliphatic carbocycles. The van der Waals surface area contributed by atoms with Crippen LogP contribution in [0.1, 0.15) is 26.2 Å². The van der Waals surface area contributed by atoms with E-state index in [1.54, 1.807) is 6.92 Å². The number of nitrogens with one attached hydrogen (secondary N) is 1. The lowest BCUT2D eigenvalue weighted by Gasteiger charge is -2.29. The highest BCUT2D eigenvalue weighted by Gasteiger charge is 2.37. The summed E-state index contributed by atoms with van der Waals surface area (Å²) in [6.45, 7) is 2.94. The maximum Gasteiger partial charge on any atom is 0.251 e. The molecule has 74 valence electrons. The van der Waals surface area contributed by atoms with Crippen LogP contribution < -0.4 is 5.32 Å². The number of piperidine rings is 1. The van der Waals surface area contributed by atoms with Crippen molar-refractivity contribution in [3.8, 4) is 0 Å². The molecule has 0 radical (unpaired) electrons. The molecule has 0 amide bonds. The molecule has 4 heteroatoms. The number of alkyl halides is 2. The van der Waals surface area contributed by atoms with Crippen LogP contribution in [0.25, 0.3) is 0 Å². The SMILES string of the molecule is CCC(F)(F)C1CCCNC1.Cl. The Bertz CT molecular complexity index is 124. The zero-order chi connectivity index (χ0) is 8.32. The first-order valence-corrected chi connectivity index (χ1v) is 4.25. The van der Waals surface area contributed by atoms with Crippen molar-refractivity contribution in [3.63, 3.8) is 0 Å². The first kappa shape index (κ1) is 12.1. The Morgan fingerprint density at radius 1 is 1.50 bits per heavy atom. The molecule has 1 nitrogen and oxygen atoms in total. The highest BCUT2D eigenvalue weighted by molar-refractivity contribution is 5.85. The number of hydrogen-bond acceptors (Lipinski definition) is 1. The van der Waals surface area contributed by atoms with Crippen LogP contribution in [0.2, 0.25) is 0 Å². The van der Waals surface area contributed by atoms with Gasteiger partial charge in [-0.2, -0.15) is 0 Å². The fourth-order valence-electron chi connectivity index (χ4n) is 1.50. The molecule has 0 spiro atoms. The maximum atomic E-state index is 13.0. The van der Waals surface area contributed by atoms with Crippen molar-refractivity contribution in [1.82, 2.24) is 5.32 Å². The molecule has 1 atom stereocenters. The van der Waals surface area contributed by atoms with E-state index in [4.69, 9.17) is 0 Å². The average Bonchev–Trinajstić information content (AvgIpc) is 2.06. The lowest BCUT2D eigenvalue weighted by molar-refractivity contribution is -0.0682. The van der Waals surface area contributed by atoms with Crippen LogP contribution in [0.5, 0.6) is 0 Å². The summed E-state index contributed by atoms with van der Waals surface area (Å²) < 4.78 is 26.0. The molecule has 1 unspecified atom stereocenters. The second-order valence-electron chi connectivity index (χ2n) is 3.16. The Labute approximate surface area is 78.3 Å². The van der Waals surface area contributed by atoms with Gasteiger partial charge in [-0.3, -0.25) is 0 Å². The molecule has 1 aliphatic heterocycles. The predicted molar refractivity (Wildman–Crippen MR) is 48.1 cm³/mol. The Morgan fingerprint density at radius 2 is 2.17 bits per heavy atom. The predicted octanol–water partition coefficient (Wildman–Crippen LogP) is 2.45. The van der Waals surface area contributed by atoms with E-state index in [-0.39, 0.29) is 18.8 Å². The standard InChI is InChI=1S/C8H15F2N.ClH/c1-2-8(9,10)7-4-3-5-11-6-7;/h7,11H,2-6H2,1H3;1H. The van der Waals surface area contributed by atoms with E-state index in [0.717, 1.165) is 13.0 Å². The van der Waals surface area contributed by atoms with E-state index in [9.17, 15) is 8.78 Å². The highest BCUT2D eigenvalue weighted by atomic mass is 35.5. The molecular weight excluding hydrogens is 184 g/mol. The summed E-state index contributed by atoms with van der Waals surface area (Å²) in [5.74, 6) is -2.88. The van der Waals surface area contributed by atoms with Crippen molar-refractivity contribution >= 4 is 12.4 Å². The second kappa shape index (κ2) is 4.97. The topological polar surface area (TPSA) is 12.0 Å². The maximum absolute atomic E-state index is 13.0. The lowest BCUT2D eigenvalue weighted by Crippen LogP contribution is -2.40. The third kappa shape index (κ3) is 2.87. The van der Waals surface area contributed by atoms with E-state index < -0.39 is 11.8 Å². The third-order valence-corrected chi connectivity index (χ3v) is 2.37. The second-order valence-corrected chi connectivity index (χ2v) is 3.16. The van der Waals surface area contributed by atoms with E-state index in [1.807, 2.05) is 0 Å². The summed E-state index contributed by atoms with van der Waals surface area (Å²) in [7, 11) is 0. The molecule has 1 rings (SSSR count). The minimum atomic E-state index is -2.45. The van der Waals surface area contributed by atoms with Gasteiger partial charge in [0.25, 0.3) is 5.92 Å². The third-order valence-electron chi connectivity index (χ3n) is 2.37. The zero-order valence-corrected chi connectivity index (χ0v) is 8.09. The molecule has 0 aromatic rings. The molecular formula is C8H16ClF2N. The summed E-state index contributed by atoms with van der Waals surface area (Å²) in [4.78, 5) is 0. The van der Waals surface area contributed by atoms with Crippen molar-refractivity contribution in [2.75, 3.05) is 13.1 Å². The van der Waals surface area contributed by atoms with Crippen LogP contribution in [0, 0.1) is 5.92 Å². The van der Waals surface area contributed by atoms with Gasteiger partial charge in [0.05, 0.1) is 0 Å². The van der Waals surface area contributed by atoms with Crippen LogP contribution in [0.4, 0.5) is 8.78 Å². The average molecular weight is 200 g/mol. The van der Waals surface area contributed by atoms with Crippen molar-refractivity contribution in [1.29, 1.82) is 0 Å². The molecule has 1 N–H and O–H groups in total. The number of hydrogen-bond donors (Lipinski definition) is 1. The zero-order valence-electron chi connectivity index (χ0n) is 7.28. The van der Waals surface area contributed by atoms with Gasteiger partial charge < -0.3 is 5.32 Å². The van der Waals surface area contributed by atoms with Crippen LogP contribution in [0.3, 0.4) is 0 Å². The Morgan fingerprint density at radius 3 is 2.58 bits per heavy atom. The van der Waals surface area contributed by atoms with E-state index in [0.29, 0.717) is 13.0 Å². The summed E-state index contributed by atoms with van der Waals surface area (Å²) >= 11 is 0. The van der Waals surface area contributed by atoms with Gasteiger partial charge in [-0.15, -0.1) is 12.4 Å². The van der Waals surface area contributed by atoms with Gasteiger partial charge in [-0.05, 0) is 19.4 Å². The molecule has 12 heavy (non-hydrogen) atoms. The van der Waals surface area contributed by atoms with Gasteiger partial charge in [0, 0.05) is 18.9 Å². The molecule has 0 aromatic heterocycles. The minimum Gasteiger partial charge on any atom is -0.316 e. The van der Waals surface area contributed by atoms with Crippen molar-refractivity contribution in [3.05, 3.63) is 0 Å². The quantitative estimate of drug-likeness (QED) is 0.721. The van der Waals surface area contributed by atoms with Crippen LogP contribution in [-0.2, 0) is 0 Å². The van der Waals surface area contributed by atoms with Crippen LogP contribution in [0.15, 0.2) is 0 Å². The highest BCUT2D eigenvalue weighted by Crippen LogP contribution is 2.32. The van der Waals surface area contributed by atoms with Crippen molar-refractivity contribution in [2.45, 2.75) is 32.1 Å². The van der Waals surface area contributed by atoms with Crippen molar-refractivity contribution < 1.29 is 8.78 Å². The van der Waals surface area contributed by atoms with Gasteiger partial charge in [-0.25, -0.2) is 8.78 Å². The summed E-state index contributed by atoms with van der Waals surface area (Å²) in [6, 6.07) is 0. The molecule has 1 saturated heterocycles. The van der Waals surface area contributed by atoms with Crippen molar-refractivity contribution in [2.24, 2.45) is 5.92 Å². The first-order valence-electron chi connectivity index (χ1n) is 4.25. The van der Waals surface area contributed by atoms with Gasteiger partial charge >= 0.3 is 0 Å². The Kier molecular flexibility index (Phi) is 5.02. The summed E-state index contributed by atoms with van der Waals surface area (Å²) in [5, 5.41) is 3.00. The van der Waals surface area contributed by atoms with Gasteiger partial charge in [0.15, 0.2) is 0 Å². The molecule has 0 saturated carbocycles. The number of rotatable bonds is 2. The van der Waals surface area contributed by atoms with E-state index in [2.05, 4.69) is 5.32 Å². The molecule has 1 heterocycles. The monoisotopic (exact) mass is 199 g/mol. The van der Waals surface area contributed by atoms with Crippen LogP contribution >= 0.6 is 12.4 Å². The molecule has 1 fully saturated rings. The molecule has 1 aliphatic rings. The smallest absolute Gasteiger partial charge is 0.251 e. The Balaban J connectivity index is 0.00000121. The number of halogens is 3. The largest absolute Gasteiger partial charge is 0.316 e. The summed E-state index contributed by atoms with van der Waals surface area (Å²) in [5.41, 5.74) is 0. The van der Waals surface area contributed by atoms with Gasteiger partial charge in [0.1, 0.15) is 0 Å². The van der Waals surface area contributed by atoms with E-state index in [1.165, 1.54) is 0 Å². The fourth-order valence-corrected chi connectivity index (χ4v) is 1.50.